The zero-order chi connectivity index (χ0) is 34.2. The number of carbonyl (C=O) groups excluding carboxylic acids is 2. The topological polar surface area (TPSA) is 96.0 Å². The first-order valence-corrected chi connectivity index (χ1v) is 20.3. The fourth-order valence-corrected chi connectivity index (χ4v) is 12.1. The first kappa shape index (κ1) is 33.0. The normalized spacial score (nSPS) is 29.2. The number of rotatable bonds is 8. The van der Waals surface area contributed by atoms with Crippen LogP contribution < -0.4 is 9.46 Å². The number of hydrogen-bond acceptors (Lipinski definition) is 6. The molecule has 9 heteroatoms. The van der Waals surface area contributed by atoms with Crippen LogP contribution in [0.5, 0.6) is 5.75 Å². The third-order valence-corrected chi connectivity index (χ3v) is 15.1. The lowest BCUT2D eigenvalue weighted by atomic mass is 9.78. The molecule has 4 fully saturated rings. The molecule has 8 rings (SSSR count). The zero-order valence-corrected chi connectivity index (χ0v) is 30.3. The molecule has 0 spiro atoms. The van der Waals surface area contributed by atoms with Crippen LogP contribution in [0, 0.1) is 11.3 Å². The molecular formula is C40H51N3O5S. The van der Waals surface area contributed by atoms with Gasteiger partial charge in [-0.25, -0.2) is 13.1 Å². The average Bonchev–Trinajstić information content (AvgIpc) is 3.68. The molecule has 2 heterocycles. The van der Waals surface area contributed by atoms with E-state index in [0.717, 1.165) is 56.5 Å². The lowest BCUT2D eigenvalue weighted by Gasteiger charge is -2.42. The molecule has 2 aromatic carbocycles. The molecular weight excluding hydrogens is 635 g/mol. The Kier molecular flexibility index (Phi) is 8.25. The third kappa shape index (κ3) is 5.28. The molecule has 5 unspecified atom stereocenters. The minimum absolute atomic E-state index is 0.0518. The number of fused-ring (bicyclic) bond motifs is 9. The number of ether oxygens (including phenoxy) is 1. The van der Waals surface area contributed by atoms with Gasteiger partial charge in [0, 0.05) is 42.6 Å². The molecule has 262 valence electrons. The second-order valence-electron chi connectivity index (χ2n) is 15.8. The Balaban J connectivity index is 1.25. The van der Waals surface area contributed by atoms with Crippen LogP contribution in [0.2, 0.25) is 0 Å². The van der Waals surface area contributed by atoms with Crippen molar-refractivity contribution in [3.63, 3.8) is 0 Å². The van der Waals surface area contributed by atoms with Crippen molar-refractivity contribution in [2.45, 2.75) is 114 Å². The maximum absolute atomic E-state index is 15.1. The van der Waals surface area contributed by atoms with Crippen molar-refractivity contribution in [3.05, 3.63) is 64.2 Å². The molecule has 8 nitrogen and oxygen atoms in total. The average molecular weight is 686 g/mol. The van der Waals surface area contributed by atoms with Gasteiger partial charge >= 0.3 is 0 Å². The van der Waals surface area contributed by atoms with Gasteiger partial charge < -0.3 is 14.5 Å². The molecule has 2 aromatic rings. The Morgan fingerprint density at radius 2 is 1.57 bits per heavy atom. The van der Waals surface area contributed by atoms with Crippen molar-refractivity contribution in [1.29, 1.82) is 0 Å². The zero-order valence-electron chi connectivity index (χ0n) is 29.5. The van der Waals surface area contributed by atoms with Crippen LogP contribution in [0.1, 0.15) is 129 Å². The van der Waals surface area contributed by atoms with Crippen molar-refractivity contribution in [1.82, 2.24) is 14.5 Å². The number of nitrogens with one attached hydrogen (secondary N) is 1. The summed E-state index contributed by atoms with van der Waals surface area (Å²) in [5.41, 5.74) is 7.25. The van der Waals surface area contributed by atoms with E-state index in [1.807, 2.05) is 26.0 Å². The van der Waals surface area contributed by atoms with Crippen molar-refractivity contribution < 1.29 is 22.7 Å². The van der Waals surface area contributed by atoms with E-state index in [1.165, 1.54) is 47.1 Å². The molecule has 5 atom stereocenters. The van der Waals surface area contributed by atoms with E-state index in [4.69, 9.17) is 4.74 Å². The van der Waals surface area contributed by atoms with Gasteiger partial charge in [0.25, 0.3) is 5.91 Å². The van der Waals surface area contributed by atoms with Gasteiger partial charge in [-0.05, 0) is 122 Å². The lowest BCUT2D eigenvalue weighted by Crippen LogP contribution is -2.56. The van der Waals surface area contributed by atoms with E-state index in [-0.39, 0.29) is 23.9 Å². The van der Waals surface area contributed by atoms with Crippen molar-refractivity contribution >= 4 is 33.0 Å². The van der Waals surface area contributed by atoms with Crippen molar-refractivity contribution in [2.24, 2.45) is 11.3 Å². The van der Waals surface area contributed by atoms with Crippen molar-refractivity contribution in [2.75, 3.05) is 27.2 Å². The van der Waals surface area contributed by atoms with E-state index >= 15 is 4.79 Å². The van der Waals surface area contributed by atoms with Gasteiger partial charge in [0.15, 0.2) is 0 Å². The summed E-state index contributed by atoms with van der Waals surface area (Å²) in [7, 11) is 0.0728. The lowest BCUT2D eigenvalue weighted by molar-refractivity contribution is -0.143. The van der Waals surface area contributed by atoms with Crippen molar-refractivity contribution in [3.8, 4) is 5.75 Å². The fourth-order valence-electron chi connectivity index (χ4n) is 10.6. The number of benzene rings is 2. The predicted molar refractivity (Wildman–Crippen MR) is 192 cm³/mol. The number of amides is 2. The Morgan fingerprint density at radius 3 is 2.24 bits per heavy atom. The highest BCUT2D eigenvalue weighted by atomic mass is 32.2. The van der Waals surface area contributed by atoms with Gasteiger partial charge in [-0.1, -0.05) is 45.2 Å². The van der Waals surface area contributed by atoms with E-state index < -0.39 is 26.6 Å². The Bertz CT molecular complexity index is 1810. The fraction of sp³-hybridized carbons (Fsp3) is 0.600. The second kappa shape index (κ2) is 12.3. The SMILES string of the molecule is CCC(CC)S(=O)(=O)NC(=O)c1ccc2c(c1)C1CC3(C(=O)N4C5CCC4CN(C)C5)CC3c3cc(OC)ccc3C1=C2C1CCCCC1. The highest BCUT2D eigenvalue weighted by molar-refractivity contribution is 7.90. The first-order chi connectivity index (χ1) is 23.6. The molecule has 0 aromatic heterocycles. The van der Waals surface area contributed by atoms with E-state index in [2.05, 4.69) is 45.8 Å². The maximum atomic E-state index is 15.1. The minimum Gasteiger partial charge on any atom is -0.497 e. The third-order valence-electron chi connectivity index (χ3n) is 13.1. The van der Waals surface area contributed by atoms with Gasteiger partial charge in [0.2, 0.25) is 15.9 Å². The van der Waals surface area contributed by atoms with Gasteiger partial charge in [-0.15, -0.1) is 0 Å². The smallest absolute Gasteiger partial charge is 0.264 e. The highest BCUT2D eigenvalue weighted by Gasteiger charge is 2.66. The Labute approximate surface area is 291 Å². The van der Waals surface area contributed by atoms with Gasteiger partial charge in [-0.3, -0.25) is 9.59 Å². The van der Waals surface area contributed by atoms with Crippen LogP contribution in [-0.4, -0.2) is 74.6 Å². The van der Waals surface area contributed by atoms with Gasteiger partial charge in [0.05, 0.1) is 17.8 Å². The van der Waals surface area contributed by atoms with E-state index in [1.54, 1.807) is 7.11 Å². The van der Waals surface area contributed by atoms with Crippen LogP contribution in [0.15, 0.2) is 36.4 Å². The number of sulfonamides is 1. The predicted octanol–water partition coefficient (Wildman–Crippen LogP) is 6.71. The number of carbonyl (C=O) groups is 2. The number of allylic oxidation sites excluding steroid dienone is 2. The van der Waals surface area contributed by atoms with E-state index in [9.17, 15) is 13.2 Å². The number of hydrogen-bond donors (Lipinski definition) is 1. The Hall–Kier alpha value is -3.17. The summed E-state index contributed by atoms with van der Waals surface area (Å²) >= 11 is 0. The summed E-state index contributed by atoms with van der Waals surface area (Å²) < 4.78 is 34.4. The number of methoxy groups -OCH3 is 1. The molecule has 2 amide bonds. The first-order valence-electron chi connectivity index (χ1n) is 18.7. The molecule has 4 aliphatic carbocycles. The molecule has 1 N–H and O–H groups in total. The van der Waals surface area contributed by atoms with Crippen LogP contribution in [-0.2, 0) is 14.8 Å². The number of piperazine rings is 1. The highest BCUT2D eigenvalue weighted by Crippen LogP contribution is 2.71. The number of likely N-dealkylation sites (tertiary alicyclic amines) is 1. The standard InChI is InChI=1S/C40H51N3O5S/c1-5-29(6-2)49(46,47)41-38(44)25-12-16-30-32(18-25)34-20-40(39(45)43-26-13-14-27(43)23-42(3)22-26)21-35(40)33-19-28(48-4)15-17-31(33)37(34)36(30)24-10-8-7-9-11-24/h12,15-19,24,26-27,29,34-35H,5-11,13-14,20-23H2,1-4H3,(H,41,44). The second-order valence-corrected chi connectivity index (χ2v) is 17.8. The van der Waals surface area contributed by atoms with Crippen LogP contribution in [0.3, 0.4) is 0 Å². The van der Waals surface area contributed by atoms with Crippen LogP contribution in [0.4, 0.5) is 0 Å². The van der Waals surface area contributed by atoms with E-state index in [0.29, 0.717) is 36.7 Å². The van der Waals surface area contributed by atoms with Gasteiger partial charge in [-0.2, -0.15) is 0 Å². The molecule has 6 aliphatic rings. The summed E-state index contributed by atoms with van der Waals surface area (Å²) in [6.45, 7) is 5.52. The molecule has 2 aliphatic heterocycles. The summed E-state index contributed by atoms with van der Waals surface area (Å²) in [4.78, 5) is 33.4. The number of nitrogens with zero attached hydrogens (tertiary/aromatic N) is 2. The molecule has 49 heavy (non-hydrogen) atoms. The minimum atomic E-state index is -3.81. The molecule has 0 radical (unpaired) electrons. The summed E-state index contributed by atoms with van der Waals surface area (Å²) in [6.07, 6.45) is 10.4. The molecule has 2 bridgehead atoms. The summed E-state index contributed by atoms with van der Waals surface area (Å²) in [5, 5.41) is -0.616. The number of likely N-dealkylation sites (N-methyl/N-ethyl adjacent to an activating group) is 1. The molecule has 2 saturated carbocycles. The monoisotopic (exact) mass is 685 g/mol. The quantitative estimate of drug-likeness (QED) is 0.332. The van der Waals surface area contributed by atoms with Gasteiger partial charge in [0.1, 0.15) is 5.75 Å². The largest absolute Gasteiger partial charge is 0.497 e. The summed E-state index contributed by atoms with van der Waals surface area (Å²) in [5.74, 6) is 1.03. The Morgan fingerprint density at radius 1 is 0.898 bits per heavy atom. The van der Waals surface area contributed by atoms with Crippen LogP contribution in [0.25, 0.3) is 11.1 Å². The summed E-state index contributed by atoms with van der Waals surface area (Å²) in [6, 6.07) is 12.8. The van der Waals surface area contributed by atoms with Crippen LogP contribution >= 0.6 is 0 Å². The molecule has 2 saturated heterocycles. The maximum Gasteiger partial charge on any atom is 0.264 e.